The summed E-state index contributed by atoms with van der Waals surface area (Å²) in [6, 6.07) is 5.12. The highest BCUT2D eigenvalue weighted by Gasteiger charge is 2.73. The Morgan fingerprint density at radius 3 is 2.14 bits per heavy atom. The van der Waals surface area contributed by atoms with E-state index in [1.807, 2.05) is 0 Å². The fraction of sp³-hybridized carbons (Fsp3) is 0.231. The van der Waals surface area contributed by atoms with Crippen LogP contribution in [0.15, 0.2) is 53.1 Å². The van der Waals surface area contributed by atoms with Gasteiger partial charge in [-0.25, -0.2) is 18.6 Å². The molecule has 1 heterocycles. The molecule has 0 aliphatic heterocycles. The maximum Gasteiger partial charge on any atom is 0.435 e. The summed E-state index contributed by atoms with van der Waals surface area (Å²) >= 11 is 3.97. The first kappa shape index (κ1) is 33.5. The van der Waals surface area contributed by atoms with Crippen LogP contribution in [0.25, 0.3) is 0 Å². The molecule has 0 saturated heterocycles. The highest BCUT2D eigenvalue weighted by atomic mass is 127. The molecule has 234 valence electrons. The fourth-order valence-electron chi connectivity index (χ4n) is 3.72. The van der Waals surface area contributed by atoms with Crippen molar-refractivity contribution >= 4 is 67.7 Å². The average Bonchev–Trinajstić information content (AvgIpc) is 3.78. The van der Waals surface area contributed by atoms with Crippen molar-refractivity contribution in [2.45, 2.75) is 30.9 Å². The Hall–Kier alpha value is -3.42. The molecule has 0 bridgehead atoms. The number of halogens is 11. The van der Waals surface area contributed by atoms with Crippen molar-refractivity contribution in [3.63, 3.8) is 0 Å². The third kappa shape index (κ3) is 6.50. The summed E-state index contributed by atoms with van der Waals surface area (Å²) in [5.41, 5.74) is -9.91. The van der Waals surface area contributed by atoms with Crippen LogP contribution in [0, 0.1) is 21.3 Å². The van der Waals surface area contributed by atoms with Crippen LogP contribution in [0.1, 0.15) is 39.1 Å². The second kappa shape index (κ2) is 12.2. The number of nitrogens with zero attached hydrogens (tertiary/aromatic N) is 2. The zero-order valence-electron chi connectivity index (χ0n) is 21.3. The van der Waals surface area contributed by atoms with Crippen LogP contribution in [0.5, 0.6) is 0 Å². The Balaban J connectivity index is 1.69. The Bertz CT molecular complexity index is 1590. The van der Waals surface area contributed by atoms with Gasteiger partial charge >= 0.3 is 24.0 Å². The lowest BCUT2D eigenvalue weighted by molar-refractivity contribution is -0.348. The van der Waals surface area contributed by atoms with Gasteiger partial charge in [-0.05, 0) is 87.8 Å². The molecule has 1 N–H and O–H groups in total. The van der Waals surface area contributed by atoms with Crippen LogP contribution < -0.4 is 10.4 Å². The van der Waals surface area contributed by atoms with E-state index in [1.54, 1.807) is 0 Å². The number of carbonyl (C=O) groups is 3. The van der Waals surface area contributed by atoms with Gasteiger partial charge < -0.3 is 10.2 Å². The van der Waals surface area contributed by atoms with Crippen molar-refractivity contribution in [1.29, 1.82) is 0 Å². The van der Waals surface area contributed by atoms with Gasteiger partial charge in [-0.1, -0.05) is 6.07 Å². The number of carbonyl (C=O) groups excluding carboxylic acids is 3. The first-order valence-electron chi connectivity index (χ1n) is 12.0. The minimum atomic E-state index is -6.39. The number of hydroxylamine groups is 1. The monoisotopic (exact) mass is 809 g/mol. The standard InChI is InChI=1S/C26H14BrF9IN3O4/c27-15-8-13(24(30,25(31,32)33)26(34,35)36)9-16(37)20(15)39-21(41)14-2-1-3-17(19(14)29)40(44-23(43)11-4-5-11)22(42)12-6-7-18(28)38-10-12/h1-3,6-11H,4-5H2,(H,39,41). The van der Waals surface area contributed by atoms with Crippen molar-refractivity contribution in [2.24, 2.45) is 5.92 Å². The smallest absolute Gasteiger partial charge is 0.332 e. The molecule has 7 nitrogen and oxygen atoms in total. The van der Waals surface area contributed by atoms with Gasteiger partial charge in [0.25, 0.3) is 11.8 Å². The molecule has 1 fully saturated rings. The number of pyridine rings is 1. The number of aromatic nitrogens is 1. The van der Waals surface area contributed by atoms with Gasteiger partial charge in [0.05, 0.1) is 22.7 Å². The number of anilines is 2. The number of rotatable bonds is 6. The van der Waals surface area contributed by atoms with Crippen molar-refractivity contribution in [2.75, 3.05) is 10.4 Å². The summed E-state index contributed by atoms with van der Waals surface area (Å²) in [6.45, 7) is 0. The molecule has 0 spiro atoms. The number of alkyl halides is 7. The maximum absolute atomic E-state index is 15.7. The quantitative estimate of drug-likeness (QED) is 0.119. The zero-order valence-corrected chi connectivity index (χ0v) is 25.0. The molecule has 3 aromatic rings. The Kier molecular flexibility index (Phi) is 9.26. The Morgan fingerprint density at radius 2 is 1.61 bits per heavy atom. The van der Waals surface area contributed by atoms with Gasteiger partial charge in [0.15, 0.2) is 5.82 Å². The second-order valence-electron chi connectivity index (χ2n) is 9.22. The van der Waals surface area contributed by atoms with Crippen LogP contribution in [0.4, 0.5) is 50.9 Å². The van der Waals surface area contributed by atoms with Crippen molar-refractivity contribution in [1.82, 2.24) is 4.98 Å². The van der Waals surface area contributed by atoms with E-state index in [9.17, 15) is 49.5 Å². The molecule has 0 atom stereocenters. The lowest BCUT2D eigenvalue weighted by Gasteiger charge is -2.31. The summed E-state index contributed by atoms with van der Waals surface area (Å²) < 4.78 is 122. The van der Waals surface area contributed by atoms with Gasteiger partial charge in [0.1, 0.15) is 5.69 Å². The largest absolute Gasteiger partial charge is 0.435 e. The Morgan fingerprint density at radius 1 is 0.977 bits per heavy atom. The molecule has 4 rings (SSSR count). The van der Waals surface area contributed by atoms with E-state index in [0.717, 1.165) is 36.5 Å². The molecule has 2 aromatic carbocycles. The molecule has 1 saturated carbocycles. The number of hydrogen-bond acceptors (Lipinski definition) is 5. The fourth-order valence-corrected chi connectivity index (χ4v) is 5.41. The van der Waals surface area contributed by atoms with Gasteiger partial charge in [0, 0.05) is 19.8 Å². The molecule has 1 aliphatic carbocycles. The van der Waals surface area contributed by atoms with E-state index in [2.05, 4.69) is 26.2 Å². The van der Waals surface area contributed by atoms with Gasteiger partial charge in [0.2, 0.25) is 5.95 Å². The zero-order chi connectivity index (χ0) is 32.8. The highest BCUT2D eigenvalue weighted by Crippen LogP contribution is 2.54. The summed E-state index contributed by atoms with van der Waals surface area (Å²) in [4.78, 5) is 47.0. The molecular weight excluding hydrogens is 796 g/mol. The first-order chi connectivity index (χ1) is 20.4. The van der Waals surface area contributed by atoms with Crippen LogP contribution >= 0.6 is 38.5 Å². The predicted molar refractivity (Wildman–Crippen MR) is 146 cm³/mol. The molecule has 44 heavy (non-hydrogen) atoms. The maximum atomic E-state index is 15.7. The lowest BCUT2D eigenvalue weighted by Crippen LogP contribution is -2.50. The van der Waals surface area contributed by atoms with Crippen LogP contribution in [0.2, 0.25) is 0 Å². The summed E-state index contributed by atoms with van der Waals surface area (Å²) in [5, 5.41) is 2.35. The minimum Gasteiger partial charge on any atom is -0.332 e. The van der Waals surface area contributed by atoms with Crippen molar-refractivity contribution in [3.8, 4) is 0 Å². The third-order valence-electron chi connectivity index (χ3n) is 6.15. The highest BCUT2D eigenvalue weighted by molar-refractivity contribution is 14.1. The van der Waals surface area contributed by atoms with Gasteiger partial charge in [-0.2, -0.15) is 30.7 Å². The summed E-state index contributed by atoms with van der Waals surface area (Å²) in [6.07, 6.45) is -11.1. The molecule has 2 amide bonds. The van der Waals surface area contributed by atoms with Gasteiger partial charge in [-0.3, -0.25) is 9.59 Å². The number of amides is 2. The van der Waals surface area contributed by atoms with Crippen LogP contribution in [0.3, 0.4) is 0 Å². The second-order valence-corrected chi connectivity index (χ2v) is 11.2. The van der Waals surface area contributed by atoms with E-state index < -0.39 is 84.0 Å². The molecule has 0 unspecified atom stereocenters. The van der Waals surface area contributed by atoms with E-state index in [0.29, 0.717) is 12.8 Å². The lowest BCUT2D eigenvalue weighted by atomic mass is 9.94. The van der Waals surface area contributed by atoms with E-state index in [-0.39, 0.29) is 22.8 Å². The number of hydrogen-bond donors (Lipinski definition) is 1. The minimum absolute atomic E-state index is 0.167. The summed E-state index contributed by atoms with van der Waals surface area (Å²) in [7, 11) is 0. The van der Waals surface area contributed by atoms with Crippen molar-refractivity contribution < 1.29 is 58.7 Å². The molecule has 0 radical (unpaired) electrons. The molecule has 1 aromatic heterocycles. The molecular formula is C26H14BrF9IN3O4. The molecule has 18 heteroatoms. The molecule has 1 aliphatic rings. The predicted octanol–water partition coefficient (Wildman–Crippen LogP) is 7.78. The van der Waals surface area contributed by atoms with E-state index >= 15 is 4.39 Å². The average molecular weight is 810 g/mol. The number of nitrogens with one attached hydrogen (secondary N) is 1. The topological polar surface area (TPSA) is 88.6 Å². The number of benzene rings is 2. The van der Waals surface area contributed by atoms with E-state index in [4.69, 9.17) is 4.84 Å². The SMILES string of the molecule is O=C(Nc1c(Br)cc(C(F)(C(F)(F)F)C(F)(F)F)cc1I)c1cccc(N(OC(=O)C2CC2)C(=O)c2ccc(F)nc2)c1F. The van der Waals surface area contributed by atoms with Gasteiger partial charge in [-0.15, -0.1) is 5.06 Å². The van der Waals surface area contributed by atoms with E-state index in [1.165, 1.54) is 22.6 Å². The van der Waals surface area contributed by atoms with Crippen LogP contribution in [-0.2, 0) is 15.3 Å². The third-order valence-corrected chi connectivity index (χ3v) is 7.63. The van der Waals surface area contributed by atoms with Crippen LogP contribution in [-0.4, -0.2) is 35.1 Å². The Labute approximate surface area is 263 Å². The normalized spacial score (nSPS) is 13.8. The first-order valence-corrected chi connectivity index (χ1v) is 13.8. The summed E-state index contributed by atoms with van der Waals surface area (Å²) in [5.74, 6) is -6.33. The van der Waals surface area contributed by atoms with Crippen molar-refractivity contribution in [3.05, 3.63) is 85.2 Å².